The molecular formula is C25H28N4O5S. The number of ether oxygens (including phenoxy) is 1. The monoisotopic (exact) mass is 496 g/mol. The van der Waals surface area contributed by atoms with Gasteiger partial charge in [0, 0.05) is 31.3 Å². The fraction of sp³-hybridized carbons (Fsp3) is 0.520. The molecule has 2 saturated carbocycles. The van der Waals surface area contributed by atoms with Gasteiger partial charge in [0.05, 0.1) is 29.4 Å². The molecule has 2 aromatic heterocycles. The van der Waals surface area contributed by atoms with Gasteiger partial charge in [-0.15, -0.1) is 11.3 Å². The number of carbonyl (C=O) groups excluding carboxylic acids is 1. The lowest BCUT2D eigenvalue weighted by atomic mass is 9.95. The van der Waals surface area contributed by atoms with Crippen LogP contribution in [0.2, 0.25) is 0 Å². The van der Waals surface area contributed by atoms with E-state index in [1.807, 2.05) is 29.4 Å². The van der Waals surface area contributed by atoms with E-state index in [1.165, 1.54) is 37.7 Å². The topological polar surface area (TPSA) is 111 Å². The van der Waals surface area contributed by atoms with Crippen molar-refractivity contribution in [2.24, 2.45) is 17.8 Å². The van der Waals surface area contributed by atoms with Gasteiger partial charge in [-0.3, -0.25) is 10.1 Å². The minimum Gasteiger partial charge on any atom is -0.465 e. The highest BCUT2D eigenvalue weighted by molar-refractivity contribution is 7.20. The van der Waals surface area contributed by atoms with Gasteiger partial charge < -0.3 is 19.3 Å². The average molecular weight is 497 g/mol. The second-order valence-electron chi connectivity index (χ2n) is 9.93. The third-order valence-corrected chi connectivity index (χ3v) is 9.40. The van der Waals surface area contributed by atoms with Gasteiger partial charge >= 0.3 is 11.7 Å². The first-order valence-electron chi connectivity index (χ1n) is 12.2. The van der Waals surface area contributed by atoms with Crippen molar-refractivity contribution in [3.8, 4) is 10.4 Å². The number of nitro groups is 1. The minimum atomic E-state index is -0.698. The molecule has 10 heteroatoms. The highest BCUT2D eigenvalue weighted by atomic mass is 32.1. The predicted molar refractivity (Wildman–Crippen MR) is 133 cm³/mol. The number of aliphatic hydroxyl groups is 1. The zero-order valence-corrected chi connectivity index (χ0v) is 20.4. The van der Waals surface area contributed by atoms with Crippen molar-refractivity contribution in [1.82, 2.24) is 9.55 Å². The number of methoxy groups -OCH3 is 1. The molecule has 1 aliphatic heterocycles. The highest BCUT2D eigenvalue weighted by Gasteiger charge is 2.56. The van der Waals surface area contributed by atoms with Gasteiger partial charge in [0.2, 0.25) is 0 Å². The Morgan fingerprint density at radius 2 is 2.00 bits per heavy atom. The maximum atomic E-state index is 12.8. The van der Waals surface area contributed by atoms with Crippen LogP contribution in [-0.2, 0) is 4.74 Å². The number of imidazole rings is 1. The van der Waals surface area contributed by atoms with Crippen LogP contribution in [0.4, 0.5) is 10.7 Å². The third kappa shape index (κ3) is 3.61. The van der Waals surface area contributed by atoms with Crippen LogP contribution in [0.25, 0.3) is 21.5 Å². The fourth-order valence-electron chi connectivity index (χ4n) is 6.20. The molecule has 9 nitrogen and oxygen atoms in total. The zero-order chi connectivity index (χ0) is 24.3. The average Bonchev–Trinajstić information content (AvgIpc) is 3.29. The second kappa shape index (κ2) is 8.60. The quantitative estimate of drug-likeness (QED) is 0.301. The number of aromatic nitrogens is 2. The number of nitrogens with zero attached hydrogens (tertiary/aromatic N) is 4. The highest BCUT2D eigenvalue weighted by Crippen LogP contribution is 2.56. The number of aliphatic hydroxyl groups excluding tert-OH is 1. The Balaban J connectivity index is 1.41. The van der Waals surface area contributed by atoms with E-state index < -0.39 is 10.9 Å². The van der Waals surface area contributed by atoms with Gasteiger partial charge in [-0.25, -0.2) is 9.78 Å². The lowest BCUT2D eigenvalue weighted by Crippen LogP contribution is -2.25. The number of hydrogen-bond donors (Lipinski definition) is 1. The maximum absolute atomic E-state index is 12.8. The SMILES string of the molecule is COC(=O)c1c(N2CC3C(CO)C3C2)sc(-c2ccc3c(c2)ncn3C2CCCCC2)c1[N+](=O)[O-]. The summed E-state index contributed by atoms with van der Waals surface area (Å²) in [6.07, 6.45) is 7.89. The first-order chi connectivity index (χ1) is 17.0. The van der Waals surface area contributed by atoms with Gasteiger partial charge in [0.25, 0.3) is 0 Å². The van der Waals surface area contributed by atoms with Gasteiger partial charge in [0.1, 0.15) is 9.88 Å². The predicted octanol–water partition coefficient (Wildman–Crippen LogP) is 4.64. The molecule has 0 bridgehead atoms. The van der Waals surface area contributed by atoms with Crippen LogP contribution in [0.1, 0.15) is 48.5 Å². The van der Waals surface area contributed by atoms with Gasteiger partial charge in [-0.2, -0.15) is 0 Å². The number of carbonyl (C=O) groups is 1. The molecule has 3 fully saturated rings. The summed E-state index contributed by atoms with van der Waals surface area (Å²) in [6, 6.07) is 6.22. The maximum Gasteiger partial charge on any atom is 0.347 e. The van der Waals surface area contributed by atoms with Crippen LogP contribution in [0, 0.1) is 27.9 Å². The lowest BCUT2D eigenvalue weighted by Gasteiger charge is -2.23. The van der Waals surface area contributed by atoms with Crippen LogP contribution in [0.15, 0.2) is 24.5 Å². The molecular weight excluding hydrogens is 468 g/mol. The van der Waals surface area contributed by atoms with Crippen molar-refractivity contribution in [2.45, 2.75) is 38.1 Å². The van der Waals surface area contributed by atoms with E-state index >= 15 is 0 Å². The standard InChI is InChI=1S/C25H28N4O5S/c1-34-25(31)21-22(29(32)33)23(35-24(21)27-10-16-17(11-27)18(16)12-30)14-7-8-20-19(9-14)26-13-28(20)15-5-3-2-4-6-15/h7-9,13,15-18,30H,2-6,10-12H2,1H3. The molecule has 2 aliphatic carbocycles. The first-order valence-corrected chi connectivity index (χ1v) is 13.1. The van der Waals surface area contributed by atoms with Crippen LogP contribution >= 0.6 is 11.3 Å². The summed E-state index contributed by atoms with van der Waals surface area (Å²) in [5.41, 5.74) is 2.32. The van der Waals surface area contributed by atoms with E-state index in [0.717, 1.165) is 23.9 Å². The van der Waals surface area contributed by atoms with E-state index in [4.69, 9.17) is 4.74 Å². The molecule has 0 radical (unpaired) electrons. The number of piperidine rings is 1. The lowest BCUT2D eigenvalue weighted by molar-refractivity contribution is -0.384. The summed E-state index contributed by atoms with van der Waals surface area (Å²) < 4.78 is 7.22. The Labute approximate surface area is 206 Å². The number of fused-ring (bicyclic) bond motifs is 2. The summed E-state index contributed by atoms with van der Waals surface area (Å²) in [5, 5.41) is 22.3. The molecule has 6 rings (SSSR count). The van der Waals surface area contributed by atoms with E-state index in [9.17, 15) is 20.0 Å². The second-order valence-corrected chi connectivity index (χ2v) is 10.9. The Bertz CT molecular complexity index is 1300. The number of hydrogen-bond acceptors (Lipinski definition) is 8. The molecule has 2 unspecified atom stereocenters. The van der Waals surface area contributed by atoms with E-state index in [0.29, 0.717) is 52.3 Å². The van der Waals surface area contributed by atoms with E-state index in [2.05, 4.69) is 9.55 Å². The summed E-state index contributed by atoms with van der Waals surface area (Å²) in [5.74, 6) is 0.338. The number of rotatable bonds is 6. The number of thiophene rings is 1. The third-order valence-electron chi connectivity index (χ3n) is 8.11. The van der Waals surface area contributed by atoms with Crippen molar-refractivity contribution >= 4 is 39.0 Å². The zero-order valence-electron chi connectivity index (χ0n) is 19.6. The Morgan fingerprint density at radius 3 is 2.66 bits per heavy atom. The summed E-state index contributed by atoms with van der Waals surface area (Å²) >= 11 is 1.27. The first kappa shape index (κ1) is 22.5. The van der Waals surface area contributed by atoms with Crippen molar-refractivity contribution in [2.75, 3.05) is 31.7 Å². The van der Waals surface area contributed by atoms with Crippen LogP contribution in [0.5, 0.6) is 0 Å². The number of benzene rings is 1. The summed E-state index contributed by atoms with van der Waals surface area (Å²) in [4.78, 5) is 31.6. The van der Waals surface area contributed by atoms with Crippen LogP contribution < -0.4 is 4.90 Å². The Kier molecular flexibility index (Phi) is 5.52. The largest absolute Gasteiger partial charge is 0.465 e. The summed E-state index contributed by atoms with van der Waals surface area (Å²) in [6.45, 7) is 1.53. The van der Waals surface area contributed by atoms with Crippen molar-refractivity contribution in [1.29, 1.82) is 0 Å². The molecule has 2 atom stereocenters. The molecule has 184 valence electrons. The van der Waals surface area contributed by atoms with Gasteiger partial charge in [-0.1, -0.05) is 25.3 Å². The Morgan fingerprint density at radius 1 is 1.26 bits per heavy atom. The molecule has 1 aromatic carbocycles. The van der Waals surface area contributed by atoms with Crippen molar-refractivity contribution < 1.29 is 19.6 Å². The smallest absolute Gasteiger partial charge is 0.347 e. The molecule has 3 heterocycles. The molecule has 1 N–H and O–H groups in total. The molecule has 0 amide bonds. The van der Waals surface area contributed by atoms with Crippen molar-refractivity contribution in [3.05, 3.63) is 40.2 Å². The Hall–Kier alpha value is -2.98. The summed E-state index contributed by atoms with van der Waals surface area (Å²) in [7, 11) is 1.25. The number of esters is 1. The normalized spacial score (nSPS) is 24.1. The molecule has 3 aliphatic rings. The molecule has 0 spiro atoms. The number of anilines is 1. The fourth-order valence-corrected chi connectivity index (χ4v) is 7.47. The van der Waals surface area contributed by atoms with Gasteiger partial charge in [-0.05, 0) is 42.7 Å². The van der Waals surface area contributed by atoms with E-state index in [1.54, 1.807) is 0 Å². The minimum absolute atomic E-state index is 0.0205. The molecule has 3 aromatic rings. The van der Waals surface area contributed by atoms with E-state index in [-0.39, 0.29) is 17.9 Å². The van der Waals surface area contributed by atoms with Gasteiger partial charge in [0.15, 0.2) is 5.56 Å². The molecule has 1 saturated heterocycles. The van der Waals surface area contributed by atoms with Crippen molar-refractivity contribution in [3.63, 3.8) is 0 Å². The van der Waals surface area contributed by atoms with Crippen LogP contribution in [-0.4, -0.2) is 52.4 Å². The van der Waals surface area contributed by atoms with Crippen LogP contribution in [0.3, 0.4) is 0 Å². The molecule has 35 heavy (non-hydrogen) atoms.